The van der Waals surface area contributed by atoms with Gasteiger partial charge in [-0.2, -0.15) is 5.26 Å². The van der Waals surface area contributed by atoms with Gasteiger partial charge in [0.1, 0.15) is 11.9 Å². The topological polar surface area (TPSA) is 108 Å². The number of benzene rings is 2. The molecule has 1 aromatic heterocycles. The van der Waals surface area contributed by atoms with Crippen LogP contribution >= 0.6 is 0 Å². The van der Waals surface area contributed by atoms with Crippen molar-refractivity contribution in [2.24, 2.45) is 0 Å². The fourth-order valence-electron chi connectivity index (χ4n) is 2.44. The van der Waals surface area contributed by atoms with Gasteiger partial charge in [0.2, 0.25) is 0 Å². The monoisotopic (exact) mass is 349 g/mol. The molecule has 130 valence electrons. The molecular formula is C19H15N3O4. The molecule has 26 heavy (non-hydrogen) atoms. The van der Waals surface area contributed by atoms with Gasteiger partial charge in [-0.25, -0.2) is 9.78 Å². The van der Waals surface area contributed by atoms with Gasteiger partial charge in [0.25, 0.3) is 0 Å². The van der Waals surface area contributed by atoms with Crippen LogP contribution in [0.15, 0.2) is 42.5 Å². The van der Waals surface area contributed by atoms with Gasteiger partial charge in [-0.15, -0.1) is 0 Å². The fraction of sp³-hybridized carbons (Fsp3) is 0.105. The van der Waals surface area contributed by atoms with E-state index < -0.39 is 12.6 Å². The van der Waals surface area contributed by atoms with Crippen LogP contribution in [0.1, 0.15) is 11.4 Å². The molecule has 0 amide bonds. The standard InChI is InChI=1S/C19H15N3O4/c1-25-16-7-6-12(9-17(16)26-11-18(23)24)8-13(10-20)19-21-14-4-2-3-5-15(14)22-19/h2-9H,11H2,1H3,(H,21,22)(H,23,24)/b13-8-. The predicted octanol–water partition coefficient (Wildman–Crippen LogP) is 3.10. The molecule has 3 rings (SSSR count). The van der Waals surface area contributed by atoms with E-state index in [1.807, 2.05) is 24.3 Å². The van der Waals surface area contributed by atoms with Gasteiger partial charge < -0.3 is 19.6 Å². The highest BCUT2D eigenvalue weighted by atomic mass is 16.5. The van der Waals surface area contributed by atoms with E-state index in [0.717, 1.165) is 11.0 Å². The molecular weight excluding hydrogens is 334 g/mol. The summed E-state index contributed by atoms with van der Waals surface area (Å²) in [5.41, 5.74) is 2.60. The van der Waals surface area contributed by atoms with Crippen LogP contribution in [0, 0.1) is 11.3 Å². The number of nitrogens with zero attached hydrogens (tertiary/aromatic N) is 2. The predicted molar refractivity (Wildman–Crippen MR) is 95.7 cm³/mol. The molecule has 0 unspecified atom stereocenters. The molecule has 1 heterocycles. The van der Waals surface area contributed by atoms with E-state index in [9.17, 15) is 10.1 Å². The number of ether oxygens (including phenoxy) is 2. The Hall–Kier alpha value is -3.79. The van der Waals surface area contributed by atoms with Crippen LogP contribution in [0.2, 0.25) is 0 Å². The third-order valence-electron chi connectivity index (χ3n) is 3.61. The minimum absolute atomic E-state index is 0.283. The number of aromatic amines is 1. The van der Waals surface area contributed by atoms with E-state index in [-0.39, 0.29) is 5.75 Å². The molecule has 0 saturated heterocycles. The van der Waals surface area contributed by atoms with Crippen LogP contribution in [0.25, 0.3) is 22.7 Å². The molecule has 0 atom stereocenters. The number of methoxy groups -OCH3 is 1. The Morgan fingerprint density at radius 3 is 2.81 bits per heavy atom. The number of carbonyl (C=O) groups is 1. The molecule has 3 aromatic rings. The Kier molecular flexibility index (Phi) is 4.85. The van der Waals surface area contributed by atoms with Crippen LogP contribution in [-0.4, -0.2) is 34.8 Å². The molecule has 0 saturated carbocycles. The average molecular weight is 349 g/mol. The van der Waals surface area contributed by atoms with Crippen molar-refractivity contribution < 1.29 is 19.4 Å². The quantitative estimate of drug-likeness (QED) is 0.662. The second kappa shape index (κ2) is 7.40. The molecule has 7 heteroatoms. The number of para-hydroxylation sites is 2. The molecule has 0 fully saturated rings. The SMILES string of the molecule is COc1ccc(/C=C(/C#N)c2nc3ccccc3[nH]2)cc1OCC(=O)O. The van der Waals surface area contributed by atoms with Gasteiger partial charge in [0.05, 0.1) is 23.7 Å². The summed E-state index contributed by atoms with van der Waals surface area (Å²) >= 11 is 0. The number of fused-ring (bicyclic) bond motifs is 1. The number of H-pyrrole nitrogens is 1. The van der Waals surface area contributed by atoms with Gasteiger partial charge in [-0.05, 0) is 35.9 Å². The summed E-state index contributed by atoms with van der Waals surface area (Å²) < 4.78 is 10.4. The van der Waals surface area contributed by atoms with Crippen molar-refractivity contribution in [1.29, 1.82) is 5.26 Å². The minimum Gasteiger partial charge on any atom is -0.493 e. The Morgan fingerprint density at radius 1 is 1.31 bits per heavy atom. The van der Waals surface area contributed by atoms with Crippen LogP contribution in [0.3, 0.4) is 0 Å². The van der Waals surface area contributed by atoms with E-state index in [1.54, 1.807) is 24.3 Å². The first-order valence-corrected chi connectivity index (χ1v) is 7.70. The highest BCUT2D eigenvalue weighted by Gasteiger charge is 2.10. The number of nitrogens with one attached hydrogen (secondary N) is 1. The van der Waals surface area contributed by atoms with E-state index in [4.69, 9.17) is 14.6 Å². The lowest BCUT2D eigenvalue weighted by Crippen LogP contribution is -2.10. The number of carboxylic acids is 1. The van der Waals surface area contributed by atoms with E-state index in [1.165, 1.54) is 7.11 Å². The van der Waals surface area contributed by atoms with Gasteiger partial charge in [0.15, 0.2) is 18.1 Å². The summed E-state index contributed by atoms with van der Waals surface area (Å²) in [6, 6.07) is 14.6. The maximum atomic E-state index is 10.7. The number of allylic oxidation sites excluding steroid dienone is 1. The smallest absolute Gasteiger partial charge is 0.341 e. The number of imidazole rings is 1. The van der Waals surface area contributed by atoms with Gasteiger partial charge in [-0.1, -0.05) is 18.2 Å². The Labute approximate surface area is 149 Å². The van der Waals surface area contributed by atoms with Crippen LogP contribution in [-0.2, 0) is 4.79 Å². The number of aliphatic carboxylic acids is 1. The van der Waals surface area contributed by atoms with Gasteiger partial charge >= 0.3 is 5.97 Å². The molecule has 0 aliphatic heterocycles. The number of carboxylic acid groups (broad SMARTS) is 1. The lowest BCUT2D eigenvalue weighted by molar-refractivity contribution is -0.139. The lowest BCUT2D eigenvalue weighted by atomic mass is 10.1. The van der Waals surface area contributed by atoms with Crippen molar-refractivity contribution in [3.63, 3.8) is 0 Å². The second-order valence-electron chi connectivity index (χ2n) is 5.37. The van der Waals surface area contributed by atoms with Crippen LogP contribution in [0.4, 0.5) is 0 Å². The first-order chi connectivity index (χ1) is 12.6. The number of nitriles is 1. The van der Waals surface area contributed by atoms with E-state index >= 15 is 0 Å². The summed E-state index contributed by atoms with van der Waals surface area (Å²) in [5, 5.41) is 18.3. The highest BCUT2D eigenvalue weighted by molar-refractivity contribution is 5.90. The molecule has 7 nitrogen and oxygen atoms in total. The number of aromatic nitrogens is 2. The minimum atomic E-state index is -1.09. The molecule has 0 aliphatic rings. The third kappa shape index (κ3) is 3.65. The Bertz CT molecular complexity index is 998. The summed E-state index contributed by atoms with van der Waals surface area (Å²) in [7, 11) is 1.47. The largest absolute Gasteiger partial charge is 0.493 e. The van der Waals surface area contributed by atoms with E-state index in [0.29, 0.717) is 22.7 Å². The maximum Gasteiger partial charge on any atom is 0.341 e. The van der Waals surface area contributed by atoms with Crippen molar-refractivity contribution in [1.82, 2.24) is 9.97 Å². The molecule has 2 aromatic carbocycles. The average Bonchev–Trinajstić information content (AvgIpc) is 3.08. The van der Waals surface area contributed by atoms with E-state index in [2.05, 4.69) is 16.0 Å². The number of hydrogen-bond donors (Lipinski definition) is 2. The molecule has 0 radical (unpaired) electrons. The van der Waals surface area contributed by atoms with Crippen molar-refractivity contribution >= 4 is 28.7 Å². The molecule has 2 N–H and O–H groups in total. The summed E-state index contributed by atoms with van der Waals surface area (Å²) in [5.74, 6) is 0.0571. The Morgan fingerprint density at radius 2 is 2.12 bits per heavy atom. The summed E-state index contributed by atoms with van der Waals surface area (Å²) in [6.45, 7) is -0.488. The maximum absolute atomic E-state index is 10.7. The summed E-state index contributed by atoms with van der Waals surface area (Å²) in [4.78, 5) is 18.2. The third-order valence-corrected chi connectivity index (χ3v) is 3.61. The second-order valence-corrected chi connectivity index (χ2v) is 5.37. The molecule has 0 aliphatic carbocycles. The van der Waals surface area contributed by atoms with Gasteiger partial charge in [-0.3, -0.25) is 0 Å². The molecule has 0 bridgehead atoms. The zero-order valence-electron chi connectivity index (χ0n) is 13.9. The first-order valence-electron chi connectivity index (χ1n) is 7.70. The first kappa shape index (κ1) is 17.0. The normalized spacial score (nSPS) is 11.2. The van der Waals surface area contributed by atoms with Crippen molar-refractivity contribution in [3.05, 3.63) is 53.9 Å². The van der Waals surface area contributed by atoms with Crippen molar-refractivity contribution in [2.45, 2.75) is 0 Å². The summed E-state index contributed by atoms with van der Waals surface area (Å²) in [6.07, 6.45) is 1.64. The zero-order chi connectivity index (χ0) is 18.5. The van der Waals surface area contributed by atoms with Gasteiger partial charge in [0, 0.05) is 0 Å². The highest BCUT2D eigenvalue weighted by Crippen LogP contribution is 2.29. The van der Waals surface area contributed by atoms with Crippen molar-refractivity contribution in [2.75, 3.05) is 13.7 Å². The zero-order valence-corrected chi connectivity index (χ0v) is 13.9. The molecule has 0 spiro atoms. The van der Waals surface area contributed by atoms with Crippen LogP contribution < -0.4 is 9.47 Å². The van der Waals surface area contributed by atoms with Crippen molar-refractivity contribution in [3.8, 4) is 17.6 Å². The Balaban J connectivity index is 1.97. The number of rotatable bonds is 6. The fourth-order valence-corrected chi connectivity index (χ4v) is 2.44. The van der Waals surface area contributed by atoms with Crippen LogP contribution in [0.5, 0.6) is 11.5 Å². The number of hydrogen-bond acceptors (Lipinski definition) is 5. The lowest BCUT2D eigenvalue weighted by Gasteiger charge is -2.09.